The van der Waals surface area contributed by atoms with Gasteiger partial charge in [0.25, 0.3) is 0 Å². The third-order valence-corrected chi connectivity index (χ3v) is 5.23. The molecule has 0 amide bonds. The fraction of sp³-hybridized carbons (Fsp3) is 0.400. The minimum absolute atomic E-state index is 0.653. The first-order chi connectivity index (χ1) is 14.1. The first-order valence-corrected chi connectivity index (χ1v) is 11.3. The molecule has 0 nitrogen and oxygen atoms in total. The first kappa shape index (κ1) is 25.7. The van der Waals surface area contributed by atoms with Crippen molar-refractivity contribution < 1.29 is 0 Å². The van der Waals surface area contributed by atoms with E-state index in [-0.39, 0.29) is 0 Å². The van der Waals surface area contributed by atoms with Gasteiger partial charge in [0.15, 0.2) is 0 Å². The lowest BCUT2D eigenvalue weighted by molar-refractivity contribution is 0.866. The average Bonchev–Trinajstić information content (AvgIpc) is 2.70. The van der Waals surface area contributed by atoms with Gasteiger partial charge in [-0.05, 0) is 55.2 Å². The van der Waals surface area contributed by atoms with Gasteiger partial charge in [-0.25, -0.2) is 0 Å². The number of hydrogen-bond acceptors (Lipinski definition) is 0. The second-order valence-electron chi connectivity index (χ2n) is 9.20. The fourth-order valence-corrected chi connectivity index (χ4v) is 2.85. The lowest BCUT2D eigenvalue weighted by Crippen LogP contribution is -1.85. The van der Waals surface area contributed by atoms with Crippen molar-refractivity contribution in [3.63, 3.8) is 0 Å². The lowest BCUT2D eigenvalue weighted by atomic mass is 10.0. The quantitative estimate of drug-likeness (QED) is 0.409. The van der Waals surface area contributed by atoms with E-state index in [0.29, 0.717) is 17.8 Å². The summed E-state index contributed by atoms with van der Waals surface area (Å²) in [4.78, 5) is 0. The van der Waals surface area contributed by atoms with Crippen LogP contribution in [-0.4, -0.2) is 0 Å². The molecule has 30 heavy (non-hydrogen) atoms. The summed E-state index contributed by atoms with van der Waals surface area (Å²) in [6.45, 7) is 19.6. The maximum atomic E-state index is 2.21. The summed E-state index contributed by atoms with van der Waals surface area (Å²) in [7, 11) is 0. The van der Waals surface area contributed by atoms with Crippen LogP contribution < -0.4 is 0 Å². The molecule has 0 aliphatic rings. The number of rotatable bonds is 3. The van der Waals surface area contributed by atoms with Crippen LogP contribution in [0.4, 0.5) is 0 Å². The van der Waals surface area contributed by atoms with E-state index in [1.165, 1.54) is 33.4 Å². The van der Waals surface area contributed by atoms with E-state index in [4.69, 9.17) is 0 Å². The molecule has 0 saturated carbocycles. The summed E-state index contributed by atoms with van der Waals surface area (Å²) in [6.07, 6.45) is 0. The van der Waals surface area contributed by atoms with E-state index in [0.717, 1.165) is 0 Å². The van der Waals surface area contributed by atoms with Crippen LogP contribution in [0.5, 0.6) is 0 Å². The molecule has 0 fully saturated rings. The van der Waals surface area contributed by atoms with Crippen molar-refractivity contribution in [1.29, 1.82) is 0 Å². The molecule has 0 saturated heterocycles. The van der Waals surface area contributed by atoms with Crippen molar-refractivity contribution in [2.24, 2.45) is 0 Å². The molecule has 0 radical (unpaired) electrons. The average molecular weight is 403 g/mol. The molecule has 3 aromatic carbocycles. The van der Waals surface area contributed by atoms with Crippen LogP contribution in [0.1, 0.15) is 92.7 Å². The van der Waals surface area contributed by atoms with Crippen molar-refractivity contribution in [3.05, 3.63) is 106 Å². The molecule has 0 heteroatoms. The highest BCUT2D eigenvalue weighted by Crippen LogP contribution is 2.15. The van der Waals surface area contributed by atoms with Crippen molar-refractivity contribution in [2.45, 2.75) is 80.1 Å². The number of hydrogen-bond donors (Lipinski definition) is 0. The zero-order valence-corrected chi connectivity index (χ0v) is 20.7. The zero-order valence-electron chi connectivity index (χ0n) is 20.7. The molecule has 0 bridgehead atoms. The minimum Gasteiger partial charge on any atom is -0.0590 e. The number of benzene rings is 3. The van der Waals surface area contributed by atoms with Crippen LogP contribution in [0.25, 0.3) is 0 Å². The Labute approximate surface area is 186 Å². The molecule has 0 aromatic heterocycles. The Morgan fingerprint density at radius 3 is 0.633 bits per heavy atom. The summed E-state index contributed by atoms with van der Waals surface area (Å²) < 4.78 is 0. The Morgan fingerprint density at radius 2 is 0.500 bits per heavy atom. The van der Waals surface area contributed by atoms with Crippen molar-refractivity contribution in [2.75, 3.05) is 0 Å². The molecule has 0 unspecified atom stereocenters. The van der Waals surface area contributed by atoms with Gasteiger partial charge in [-0.2, -0.15) is 0 Å². The molecule has 0 spiro atoms. The van der Waals surface area contributed by atoms with Gasteiger partial charge >= 0.3 is 0 Å². The Hall–Kier alpha value is -2.34. The van der Waals surface area contributed by atoms with E-state index < -0.39 is 0 Å². The molecule has 0 atom stereocenters. The molecule has 3 aromatic rings. The van der Waals surface area contributed by atoms with Gasteiger partial charge < -0.3 is 0 Å². The van der Waals surface area contributed by atoms with E-state index >= 15 is 0 Å². The predicted molar refractivity (Wildman–Crippen MR) is 136 cm³/mol. The summed E-state index contributed by atoms with van der Waals surface area (Å²) in [5, 5.41) is 0. The maximum absolute atomic E-state index is 2.21. The van der Waals surface area contributed by atoms with Gasteiger partial charge in [0.2, 0.25) is 0 Å². The topological polar surface area (TPSA) is 0 Å². The van der Waals surface area contributed by atoms with E-state index in [1.54, 1.807) is 0 Å². The normalized spacial score (nSPS) is 10.4. The van der Waals surface area contributed by atoms with Gasteiger partial charge in [-0.3, -0.25) is 0 Å². The fourth-order valence-electron chi connectivity index (χ4n) is 2.85. The van der Waals surface area contributed by atoms with Gasteiger partial charge in [-0.15, -0.1) is 0 Å². The largest absolute Gasteiger partial charge is 0.0590 e. The first-order valence-electron chi connectivity index (χ1n) is 11.3. The molecular formula is C30H42. The van der Waals surface area contributed by atoms with E-state index in [2.05, 4.69) is 135 Å². The highest BCUT2D eigenvalue weighted by atomic mass is 14.0. The molecule has 3 rings (SSSR count). The van der Waals surface area contributed by atoms with Crippen LogP contribution in [-0.2, 0) is 0 Å². The third kappa shape index (κ3) is 9.92. The van der Waals surface area contributed by atoms with Crippen molar-refractivity contribution in [1.82, 2.24) is 0 Å². The van der Waals surface area contributed by atoms with E-state index in [1.807, 2.05) is 0 Å². The third-order valence-electron chi connectivity index (χ3n) is 5.23. The minimum atomic E-state index is 0.653. The standard InChI is InChI=1S/3C10H14/c3*1-8(2)10-6-4-9(3)5-7-10/h3*4-8H,1-3H3. The van der Waals surface area contributed by atoms with Gasteiger partial charge in [-0.1, -0.05) is 131 Å². The molecule has 0 heterocycles. The zero-order chi connectivity index (χ0) is 22.7. The van der Waals surface area contributed by atoms with Gasteiger partial charge in [0.1, 0.15) is 0 Å². The van der Waals surface area contributed by atoms with Crippen LogP contribution in [0.2, 0.25) is 0 Å². The summed E-state index contributed by atoms with van der Waals surface area (Å²) in [5.74, 6) is 1.96. The van der Waals surface area contributed by atoms with Crippen LogP contribution >= 0.6 is 0 Å². The maximum Gasteiger partial charge on any atom is -0.0219 e. The Kier molecular flexibility index (Phi) is 11.2. The molecular weight excluding hydrogens is 360 g/mol. The smallest absolute Gasteiger partial charge is 0.0219 e. The molecule has 0 aliphatic heterocycles. The highest BCUT2D eigenvalue weighted by molar-refractivity contribution is 5.24. The summed E-state index contributed by atoms with van der Waals surface area (Å²) in [5.41, 5.74) is 8.28. The monoisotopic (exact) mass is 402 g/mol. The van der Waals surface area contributed by atoms with Gasteiger partial charge in [0.05, 0.1) is 0 Å². The second-order valence-corrected chi connectivity index (χ2v) is 9.20. The van der Waals surface area contributed by atoms with Crippen LogP contribution in [0.15, 0.2) is 72.8 Å². The molecule has 0 aliphatic carbocycles. The SMILES string of the molecule is Cc1ccc(C(C)C)cc1.Cc1ccc(C(C)C)cc1.Cc1ccc(C(C)C)cc1. The molecule has 0 N–H and O–H groups in total. The Balaban J connectivity index is 0.000000225. The lowest BCUT2D eigenvalue weighted by Gasteiger charge is -2.03. The second kappa shape index (κ2) is 13.1. The van der Waals surface area contributed by atoms with Crippen molar-refractivity contribution in [3.8, 4) is 0 Å². The highest BCUT2D eigenvalue weighted by Gasteiger charge is 1.97. The van der Waals surface area contributed by atoms with Crippen LogP contribution in [0, 0.1) is 20.8 Å². The van der Waals surface area contributed by atoms with Gasteiger partial charge in [0, 0.05) is 0 Å². The Morgan fingerprint density at radius 1 is 0.333 bits per heavy atom. The van der Waals surface area contributed by atoms with E-state index in [9.17, 15) is 0 Å². The molecule has 162 valence electrons. The number of aryl methyl sites for hydroxylation is 3. The Bertz CT molecular complexity index is 699. The summed E-state index contributed by atoms with van der Waals surface area (Å²) in [6, 6.07) is 26.1. The van der Waals surface area contributed by atoms with Crippen LogP contribution in [0.3, 0.4) is 0 Å². The summed E-state index contributed by atoms with van der Waals surface area (Å²) >= 11 is 0. The van der Waals surface area contributed by atoms with Crippen molar-refractivity contribution >= 4 is 0 Å². The predicted octanol–water partition coefficient (Wildman–Crippen LogP) is 9.36.